The van der Waals surface area contributed by atoms with E-state index < -0.39 is 107 Å². The molecule has 0 radical (unpaired) electrons. The summed E-state index contributed by atoms with van der Waals surface area (Å²) in [6, 6.07) is 0. The summed E-state index contributed by atoms with van der Waals surface area (Å²) < 4.78 is 30.2. The van der Waals surface area contributed by atoms with Crippen molar-refractivity contribution in [1.29, 1.82) is 0 Å². The highest BCUT2D eigenvalue weighted by Crippen LogP contribution is 2.75. The summed E-state index contributed by atoms with van der Waals surface area (Å²) in [5.41, 5.74) is -1.97. The molecular weight excluding hydrogens is 728 g/mol. The lowest BCUT2D eigenvalue weighted by Gasteiger charge is -2.65. The van der Waals surface area contributed by atoms with Gasteiger partial charge in [-0.05, 0) is 83.5 Å². The Hall–Kier alpha value is -1.66. The molecule has 0 amide bonds. The van der Waals surface area contributed by atoms with Crippen molar-refractivity contribution in [2.75, 3.05) is 6.61 Å². The van der Waals surface area contributed by atoms with Gasteiger partial charge in [-0.1, -0.05) is 44.1 Å². The lowest BCUT2D eigenvalue weighted by atomic mass is 9.38. The number of hydrogen-bond acceptors (Lipinski definition) is 14. The summed E-state index contributed by atoms with van der Waals surface area (Å²) in [6.07, 6.45) is -10.4. The molecule has 6 fully saturated rings. The highest BCUT2D eigenvalue weighted by Gasteiger charge is 2.75. The van der Waals surface area contributed by atoms with Gasteiger partial charge in [-0.2, -0.15) is 0 Å². The second kappa shape index (κ2) is 14.2. The number of hydrogen-bond donors (Lipinski definition) is 7. The molecule has 0 spiro atoms. The highest BCUT2D eigenvalue weighted by molar-refractivity contribution is 5.95. The molecule has 7 rings (SSSR count). The largest absolute Gasteiger partial charge is 0.394 e. The van der Waals surface area contributed by atoms with Crippen LogP contribution in [0.4, 0.5) is 0 Å². The fourth-order valence-corrected chi connectivity index (χ4v) is 12.7. The zero-order chi connectivity index (χ0) is 41.2. The van der Waals surface area contributed by atoms with E-state index in [1.165, 1.54) is 6.92 Å². The van der Waals surface area contributed by atoms with Crippen molar-refractivity contribution in [3.8, 4) is 0 Å². The molecule has 0 aromatic heterocycles. The third-order valence-electron chi connectivity index (χ3n) is 15.7. The molecule has 316 valence electrons. The van der Waals surface area contributed by atoms with Crippen LogP contribution in [0, 0.1) is 39.4 Å². The van der Waals surface area contributed by atoms with Gasteiger partial charge < -0.3 is 59.4 Å². The molecule has 3 saturated carbocycles. The van der Waals surface area contributed by atoms with Gasteiger partial charge in [-0.25, -0.2) is 0 Å². The van der Waals surface area contributed by atoms with Crippen molar-refractivity contribution in [1.82, 2.24) is 0 Å². The minimum atomic E-state index is -1.78. The fourth-order valence-electron chi connectivity index (χ4n) is 12.7. The van der Waals surface area contributed by atoms with Crippen molar-refractivity contribution >= 4 is 11.6 Å². The lowest BCUT2D eigenvalue weighted by Crippen LogP contribution is -2.66. The number of fused-ring (bicyclic) bond motifs is 7. The Balaban J connectivity index is 1.14. The third-order valence-corrected chi connectivity index (χ3v) is 15.7. The van der Waals surface area contributed by atoms with Crippen molar-refractivity contribution < 1.29 is 69.0 Å². The highest BCUT2D eigenvalue weighted by atomic mass is 16.7. The second-order valence-electron chi connectivity index (χ2n) is 19.8. The smallest absolute Gasteiger partial charge is 0.187 e. The first kappa shape index (κ1) is 42.5. The molecule has 7 aliphatic rings. The van der Waals surface area contributed by atoms with Gasteiger partial charge in [0.15, 0.2) is 18.4 Å². The van der Waals surface area contributed by atoms with Gasteiger partial charge in [0.25, 0.3) is 0 Å². The third kappa shape index (κ3) is 6.19. The lowest BCUT2D eigenvalue weighted by molar-refractivity contribution is -0.359. The van der Waals surface area contributed by atoms with Crippen molar-refractivity contribution in [2.45, 2.75) is 180 Å². The standard InChI is InChI=1S/C42H64O14/c1-18(2)12-20-14-41(8,51)34-24(53-20)15-39(6)26-11-10-21-22(42(26,9)27(44)16-40(34,39)7)13-23(35(50)38(21,4)5)54-37-32(49)30(47)33(25(17-43)55-37)56-36-31(48)29(46)28(45)19(3)52-36/h10,12,19-20,22-26,28-34,36-37,43,45-49,51H,11,13-17H2,1-9H3/t19-,20-,22-,23-,24+,25+,26-,28-,29+,30+,31+,32+,33+,34+,36-,37-,39-,40+,41-,42-/m0/s1. The normalized spacial score (nSPS) is 54.0. The maximum Gasteiger partial charge on any atom is 0.187 e. The maximum absolute atomic E-state index is 15.0. The van der Waals surface area contributed by atoms with E-state index in [9.17, 15) is 45.3 Å². The van der Waals surface area contributed by atoms with Gasteiger partial charge in [-0.15, -0.1) is 0 Å². The molecule has 0 bridgehead atoms. The van der Waals surface area contributed by atoms with E-state index in [0.717, 1.165) is 11.1 Å². The summed E-state index contributed by atoms with van der Waals surface area (Å²) in [6.45, 7) is 16.8. The zero-order valence-corrected chi connectivity index (χ0v) is 34.1. The average molecular weight is 793 g/mol. The zero-order valence-electron chi connectivity index (χ0n) is 34.1. The van der Waals surface area contributed by atoms with E-state index in [0.29, 0.717) is 19.3 Å². The van der Waals surface area contributed by atoms with Crippen LogP contribution in [-0.2, 0) is 33.3 Å². The molecular formula is C42H64O14. The van der Waals surface area contributed by atoms with Crippen LogP contribution >= 0.6 is 0 Å². The number of ketones is 2. The number of carbonyl (C=O) groups excluding carboxylic acids is 2. The average Bonchev–Trinajstić information content (AvgIpc) is 3.34. The van der Waals surface area contributed by atoms with Crippen molar-refractivity contribution in [2.24, 2.45) is 39.4 Å². The Morgan fingerprint density at radius 2 is 1.50 bits per heavy atom. The van der Waals surface area contributed by atoms with E-state index in [2.05, 4.69) is 26.0 Å². The van der Waals surface area contributed by atoms with Crippen LogP contribution in [-0.4, -0.2) is 139 Å². The molecule has 0 aromatic rings. The number of aliphatic hydroxyl groups excluding tert-OH is 6. The fraction of sp³-hybridized carbons (Fsp3) is 0.857. The maximum atomic E-state index is 15.0. The van der Waals surface area contributed by atoms with Crippen molar-refractivity contribution in [3.63, 3.8) is 0 Å². The van der Waals surface area contributed by atoms with Crippen LogP contribution in [0.15, 0.2) is 23.3 Å². The number of rotatable bonds is 6. The van der Waals surface area contributed by atoms with E-state index in [4.69, 9.17) is 23.7 Å². The predicted octanol–water partition coefficient (Wildman–Crippen LogP) is 1.47. The SMILES string of the molecule is CC(C)=C[C@H]1C[C@](C)(O)[C@@H]2[C@@H](C[C@@]3(C)[C@@H]4CC=C5[C@H](C[C@H](O[C@H]6O[C@H](CO)[C@@H](O[C@@H]7O[C@@H](C)[C@H](O)[C@@H](O)[C@H]7O)[C@H](O)[C@H]6O)C(=O)C5(C)C)[C@]4(C)C(=O)C[C@]23C)O1. The Morgan fingerprint density at radius 3 is 2.14 bits per heavy atom. The predicted molar refractivity (Wildman–Crippen MR) is 198 cm³/mol. The molecule has 14 heteroatoms. The molecule has 0 unspecified atom stereocenters. The van der Waals surface area contributed by atoms with Crippen LogP contribution in [0.5, 0.6) is 0 Å². The molecule has 7 N–H and O–H groups in total. The monoisotopic (exact) mass is 792 g/mol. The molecule has 3 aliphatic heterocycles. The molecule has 3 heterocycles. The van der Waals surface area contributed by atoms with Crippen molar-refractivity contribution in [3.05, 3.63) is 23.3 Å². The summed E-state index contributed by atoms with van der Waals surface area (Å²) in [4.78, 5) is 29.3. The molecule has 0 aromatic carbocycles. The van der Waals surface area contributed by atoms with Crippen LogP contribution in [0.1, 0.15) is 94.4 Å². The quantitative estimate of drug-likeness (QED) is 0.190. The Kier molecular flexibility index (Phi) is 10.8. The topological polar surface area (TPSA) is 222 Å². The van der Waals surface area contributed by atoms with Crippen LogP contribution in [0.3, 0.4) is 0 Å². The molecule has 3 saturated heterocycles. The number of allylic oxidation sites excluding steroid dienone is 3. The van der Waals surface area contributed by atoms with E-state index in [-0.39, 0.29) is 48.5 Å². The number of aliphatic hydroxyl groups is 7. The van der Waals surface area contributed by atoms with E-state index in [1.807, 2.05) is 41.5 Å². The summed E-state index contributed by atoms with van der Waals surface area (Å²) in [7, 11) is 0. The number of Topliss-reactive ketones (excluding diaryl/α,β-unsaturated/α-hetero) is 2. The van der Waals surface area contributed by atoms with Gasteiger partial charge in [-0.3, -0.25) is 9.59 Å². The van der Waals surface area contributed by atoms with Gasteiger partial charge in [0.2, 0.25) is 0 Å². The number of ether oxygens (including phenoxy) is 5. The Morgan fingerprint density at radius 1 is 0.857 bits per heavy atom. The summed E-state index contributed by atoms with van der Waals surface area (Å²) in [5.74, 6) is -0.987. The Labute approximate surface area is 329 Å². The van der Waals surface area contributed by atoms with Gasteiger partial charge in [0.1, 0.15) is 54.6 Å². The van der Waals surface area contributed by atoms with Gasteiger partial charge in [0, 0.05) is 29.6 Å². The minimum absolute atomic E-state index is 0.0774. The molecule has 14 nitrogen and oxygen atoms in total. The minimum Gasteiger partial charge on any atom is -0.394 e. The molecule has 56 heavy (non-hydrogen) atoms. The first-order valence-corrected chi connectivity index (χ1v) is 20.4. The first-order valence-electron chi connectivity index (χ1n) is 20.4. The van der Waals surface area contributed by atoms with Crippen LogP contribution in [0.25, 0.3) is 0 Å². The number of carbonyl (C=O) groups is 2. The summed E-state index contributed by atoms with van der Waals surface area (Å²) in [5, 5.41) is 75.9. The first-order chi connectivity index (χ1) is 25.9. The molecule has 4 aliphatic carbocycles. The van der Waals surface area contributed by atoms with E-state index in [1.54, 1.807) is 0 Å². The summed E-state index contributed by atoms with van der Waals surface area (Å²) >= 11 is 0. The van der Waals surface area contributed by atoms with Gasteiger partial charge in [0.05, 0.1) is 30.5 Å². The van der Waals surface area contributed by atoms with Crippen LogP contribution < -0.4 is 0 Å². The second-order valence-corrected chi connectivity index (χ2v) is 19.8. The Bertz CT molecular complexity index is 1620. The van der Waals surface area contributed by atoms with Crippen LogP contribution in [0.2, 0.25) is 0 Å². The van der Waals surface area contributed by atoms with E-state index >= 15 is 0 Å². The van der Waals surface area contributed by atoms with Gasteiger partial charge >= 0.3 is 0 Å². The molecule has 20 atom stereocenters.